The number of halogens is 5. The number of alkyl halides is 3. The number of rotatable bonds is 7. The van der Waals surface area contributed by atoms with Crippen LogP contribution in [-0.2, 0) is 18.3 Å². The highest BCUT2D eigenvalue weighted by Gasteiger charge is 2.66. The van der Waals surface area contributed by atoms with Crippen LogP contribution in [0, 0.1) is 11.3 Å². The molecule has 3 aromatic rings. The Bertz CT molecular complexity index is 1610. The van der Waals surface area contributed by atoms with Crippen molar-refractivity contribution in [3.05, 3.63) is 74.9 Å². The van der Waals surface area contributed by atoms with E-state index in [9.17, 15) is 27.6 Å². The molecule has 0 bridgehead atoms. The molecule has 1 aliphatic carbocycles. The van der Waals surface area contributed by atoms with E-state index in [-0.39, 0.29) is 36.9 Å². The molecule has 38 heavy (non-hydrogen) atoms. The molecule has 8 nitrogen and oxygen atoms in total. The lowest BCUT2D eigenvalue weighted by Crippen LogP contribution is -2.34. The number of hydrogen-bond acceptors (Lipinski definition) is 6. The van der Waals surface area contributed by atoms with Gasteiger partial charge >= 0.3 is 6.18 Å². The van der Waals surface area contributed by atoms with Gasteiger partial charge in [0, 0.05) is 43.5 Å². The number of aryl methyl sites for hydroxylation is 1. The minimum Gasteiger partial charge on any atom is -0.476 e. The number of aromatic amines is 1. The minimum absolute atomic E-state index is 0.0161. The second kappa shape index (κ2) is 10.1. The third-order valence-corrected chi connectivity index (χ3v) is 6.49. The number of allylic oxidation sites excluding steroid dienone is 4. The van der Waals surface area contributed by atoms with Crippen LogP contribution in [0.25, 0.3) is 27.5 Å². The maximum atomic E-state index is 13.7. The van der Waals surface area contributed by atoms with Crippen molar-refractivity contribution in [2.45, 2.75) is 38.1 Å². The largest absolute Gasteiger partial charge is 0.476 e. The van der Waals surface area contributed by atoms with Gasteiger partial charge in [-0.05, 0) is 30.2 Å². The molecular formula is C25H21ClF4N6O2. The van der Waals surface area contributed by atoms with Gasteiger partial charge in [0.15, 0.2) is 0 Å². The van der Waals surface area contributed by atoms with Crippen LogP contribution in [0.2, 0.25) is 0 Å². The van der Waals surface area contributed by atoms with E-state index in [4.69, 9.17) is 22.1 Å². The van der Waals surface area contributed by atoms with Gasteiger partial charge in [0.05, 0.1) is 33.6 Å². The van der Waals surface area contributed by atoms with Crippen LogP contribution < -0.4 is 11.3 Å². The Morgan fingerprint density at radius 1 is 1.37 bits per heavy atom. The van der Waals surface area contributed by atoms with Crippen molar-refractivity contribution in [3.63, 3.8) is 0 Å². The minimum atomic E-state index is -4.71. The van der Waals surface area contributed by atoms with Gasteiger partial charge < -0.3 is 10.5 Å². The van der Waals surface area contributed by atoms with Crippen LogP contribution >= 0.6 is 11.6 Å². The van der Waals surface area contributed by atoms with E-state index >= 15 is 0 Å². The molecule has 0 aliphatic heterocycles. The Morgan fingerprint density at radius 3 is 2.66 bits per heavy atom. The lowest BCUT2D eigenvalue weighted by Gasteiger charge is -2.23. The Balaban J connectivity index is 1.90. The summed E-state index contributed by atoms with van der Waals surface area (Å²) in [5.74, 6) is -0.523. The molecule has 0 radical (unpaired) electrons. The smallest absolute Gasteiger partial charge is 0.428 e. The first kappa shape index (κ1) is 27.1. The maximum absolute atomic E-state index is 13.7. The Labute approximate surface area is 218 Å². The monoisotopic (exact) mass is 548 g/mol. The van der Waals surface area contributed by atoms with Gasteiger partial charge in [0.25, 0.3) is 5.56 Å². The summed E-state index contributed by atoms with van der Waals surface area (Å²) in [4.78, 5) is 12.2. The molecule has 0 saturated heterocycles. The maximum Gasteiger partial charge on any atom is 0.428 e. The number of nitrogens with two attached hydrogens (primary N) is 1. The molecule has 2 heterocycles. The first-order chi connectivity index (χ1) is 18.0. The fraction of sp³-hybridized carbons (Fsp3) is 0.280. The summed E-state index contributed by atoms with van der Waals surface area (Å²) in [6.07, 6.45) is -3.00. The van der Waals surface area contributed by atoms with Crippen molar-refractivity contribution in [1.29, 1.82) is 5.26 Å². The Hall–Kier alpha value is -3.95. The molecule has 1 aromatic carbocycles. The van der Waals surface area contributed by atoms with Crippen LogP contribution in [0.5, 0.6) is 0 Å². The number of nitrogens with one attached hydrogen (secondary N) is 1. The molecule has 2 aromatic heterocycles. The number of nitrogens with zero attached hydrogens (tertiary/aromatic N) is 4. The molecule has 0 amide bonds. The molecular weight excluding hydrogens is 528 g/mol. The Morgan fingerprint density at radius 2 is 2.08 bits per heavy atom. The van der Waals surface area contributed by atoms with Crippen LogP contribution in [-0.4, -0.2) is 31.8 Å². The second-order valence-corrected chi connectivity index (χ2v) is 9.14. The highest BCUT2D eigenvalue weighted by atomic mass is 35.5. The van der Waals surface area contributed by atoms with E-state index in [1.54, 1.807) is 25.2 Å². The summed E-state index contributed by atoms with van der Waals surface area (Å²) >= 11 is 5.76. The number of aromatic nitrogens is 4. The fourth-order valence-electron chi connectivity index (χ4n) is 4.16. The SMILES string of the molecule is C\C(=C(C#N)/C(=C\C(Cl)=C\F)OC1(C(F)(F)F)CC1)c1c(-c2ccc3c(=O)[nH]nc(CN)c3c2)cnn1C. The van der Waals surface area contributed by atoms with E-state index in [1.807, 2.05) is 6.07 Å². The molecule has 1 aliphatic rings. The summed E-state index contributed by atoms with van der Waals surface area (Å²) in [5, 5.41) is 21.0. The summed E-state index contributed by atoms with van der Waals surface area (Å²) in [5.41, 5.74) is 4.73. The quantitative estimate of drug-likeness (QED) is 0.183. The van der Waals surface area contributed by atoms with Gasteiger partial charge in [0.2, 0.25) is 5.60 Å². The summed E-state index contributed by atoms with van der Waals surface area (Å²) in [6, 6.07) is 6.83. The van der Waals surface area contributed by atoms with Gasteiger partial charge in [-0.25, -0.2) is 9.49 Å². The van der Waals surface area contributed by atoms with E-state index in [0.717, 1.165) is 6.08 Å². The molecule has 198 valence electrons. The highest BCUT2D eigenvalue weighted by Crippen LogP contribution is 2.54. The average molecular weight is 549 g/mol. The first-order valence-electron chi connectivity index (χ1n) is 11.2. The van der Waals surface area contributed by atoms with E-state index in [1.165, 1.54) is 17.8 Å². The van der Waals surface area contributed by atoms with Gasteiger partial charge in [-0.1, -0.05) is 17.7 Å². The summed E-state index contributed by atoms with van der Waals surface area (Å²) in [7, 11) is 1.59. The second-order valence-electron chi connectivity index (χ2n) is 8.70. The zero-order valence-electron chi connectivity index (χ0n) is 20.2. The summed E-state index contributed by atoms with van der Waals surface area (Å²) in [6.45, 7) is 1.57. The van der Waals surface area contributed by atoms with Crippen molar-refractivity contribution in [3.8, 4) is 17.2 Å². The molecule has 0 unspecified atom stereocenters. The van der Waals surface area contributed by atoms with Gasteiger partial charge in [-0.15, -0.1) is 0 Å². The lowest BCUT2D eigenvalue weighted by molar-refractivity contribution is -0.223. The van der Waals surface area contributed by atoms with Crippen LogP contribution in [0.15, 0.2) is 58.0 Å². The third kappa shape index (κ3) is 4.82. The third-order valence-electron chi connectivity index (χ3n) is 6.30. The lowest BCUT2D eigenvalue weighted by atomic mass is 9.96. The van der Waals surface area contributed by atoms with Crippen LogP contribution in [0.4, 0.5) is 17.6 Å². The number of hydrogen-bond donors (Lipinski definition) is 2. The molecule has 4 rings (SSSR count). The predicted molar refractivity (Wildman–Crippen MR) is 133 cm³/mol. The average Bonchev–Trinajstić information content (AvgIpc) is 3.58. The molecule has 0 atom stereocenters. The zero-order valence-corrected chi connectivity index (χ0v) is 20.9. The standard InChI is InChI=1S/C25H21ClF4N6O2/c1-13(18(10-31)21(8-15(26)9-27)38-24(5-6-24)25(28,29)30)22-19(12-33-36(22)2)14-3-4-16-17(7-14)20(11-32)34-35-23(16)37/h3-4,7-9,12H,5-6,11,32H2,1-2H3,(H,35,37)/b15-9-,18-13+,21-8+. The number of H-pyrrole nitrogens is 1. The zero-order chi connectivity index (χ0) is 27.8. The van der Waals surface area contributed by atoms with Gasteiger partial charge in [0.1, 0.15) is 18.2 Å². The molecule has 1 saturated carbocycles. The van der Waals surface area contributed by atoms with E-state index in [0.29, 0.717) is 33.3 Å². The van der Waals surface area contributed by atoms with Gasteiger partial charge in [-0.3, -0.25) is 9.48 Å². The number of benzene rings is 1. The van der Waals surface area contributed by atoms with Gasteiger partial charge in [-0.2, -0.15) is 28.6 Å². The number of ether oxygens (including phenoxy) is 1. The van der Waals surface area contributed by atoms with Crippen molar-refractivity contribution in [2.24, 2.45) is 12.8 Å². The Kier molecular flexibility index (Phi) is 7.18. The molecule has 0 spiro atoms. The molecule has 13 heteroatoms. The van der Waals surface area contributed by atoms with Crippen LogP contribution in [0.1, 0.15) is 31.2 Å². The van der Waals surface area contributed by atoms with E-state index < -0.39 is 28.1 Å². The highest BCUT2D eigenvalue weighted by molar-refractivity contribution is 6.31. The van der Waals surface area contributed by atoms with Crippen molar-refractivity contribution >= 4 is 27.9 Å². The fourth-order valence-corrected chi connectivity index (χ4v) is 4.25. The van der Waals surface area contributed by atoms with Crippen molar-refractivity contribution in [1.82, 2.24) is 20.0 Å². The number of fused-ring (bicyclic) bond motifs is 1. The van der Waals surface area contributed by atoms with E-state index in [2.05, 4.69) is 15.3 Å². The normalized spacial score (nSPS) is 16.3. The number of nitriles is 1. The van der Waals surface area contributed by atoms with Crippen molar-refractivity contribution < 1.29 is 22.3 Å². The topological polar surface area (TPSA) is 123 Å². The predicted octanol–water partition coefficient (Wildman–Crippen LogP) is 5.12. The molecule has 1 fully saturated rings. The van der Waals surface area contributed by atoms with Crippen LogP contribution in [0.3, 0.4) is 0 Å². The summed E-state index contributed by atoms with van der Waals surface area (Å²) < 4.78 is 60.8. The first-order valence-corrected chi connectivity index (χ1v) is 11.6. The molecule has 3 N–H and O–H groups in total. The van der Waals surface area contributed by atoms with Crippen molar-refractivity contribution in [2.75, 3.05) is 0 Å².